The van der Waals surface area contributed by atoms with Gasteiger partial charge in [0, 0.05) is 23.3 Å². The number of alkyl halides is 1. The van der Waals surface area contributed by atoms with Crippen LogP contribution in [-0.4, -0.2) is 31.6 Å². The maximum Gasteiger partial charge on any atom is 0.115 e. The molecule has 0 fully saturated rings. The highest BCUT2D eigenvalue weighted by Crippen LogP contribution is 2.17. The van der Waals surface area contributed by atoms with Gasteiger partial charge in [-0.15, -0.1) is 0 Å². The number of halogens is 1. The molecule has 13 heavy (non-hydrogen) atoms. The molecule has 0 aromatic carbocycles. The molecule has 0 bridgehead atoms. The minimum absolute atomic E-state index is 0.496. The first-order valence-corrected chi connectivity index (χ1v) is 5.05. The molecule has 0 radical (unpaired) electrons. The van der Waals surface area contributed by atoms with Gasteiger partial charge in [-0.2, -0.15) is 0 Å². The Balaban J connectivity index is 2.62. The Morgan fingerprint density at radius 3 is 2.46 bits per heavy atom. The van der Waals surface area contributed by atoms with Gasteiger partial charge in [0.25, 0.3) is 0 Å². The SMILES string of the molecule is OC(CCBr)C(O)c1cncnc1. The molecule has 0 spiro atoms. The maximum atomic E-state index is 9.57. The number of aromatic nitrogens is 2. The van der Waals surface area contributed by atoms with E-state index in [0.717, 1.165) is 0 Å². The molecule has 5 heteroatoms. The molecule has 0 aliphatic rings. The van der Waals surface area contributed by atoms with E-state index in [1.54, 1.807) is 0 Å². The predicted octanol–water partition coefficient (Wildman–Crippen LogP) is 0.656. The topological polar surface area (TPSA) is 66.2 Å². The van der Waals surface area contributed by atoms with E-state index in [-0.39, 0.29) is 0 Å². The zero-order chi connectivity index (χ0) is 9.68. The van der Waals surface area contributed by atoms with E-state index in [9.17, 15) is 10.2 Å². The first kappa shape index (κ1) is 10.6. The first-order valence-electron chi connectivity index (χ1n) is 3.92. The lowest BCUT2D eigenvalue weighted by atomic mass is 10.1. The van der Waals surface area contributed by atoms with Crippen LogP contribution >= 0.6 is 15.9 Å². The van der Waals surface area contributed by atoms with Crippen molar-refractivity contribution in [1.82, 2.24) is 9.97 Å². The van der Waals surface area contributed by atoms with Gasteiger partial charge in [-0.25, -0.2) is 9.97 Å². The maximum absolute atomic E-state index is 9.57. The van der Waals surface area contributed by atoms with E-state index in [2.05, 4.69) is 25.9 Å². The molecule has 0 aliphatic carbocycles. The highest BCUT2D eigenvalue weighted by molar-refractivity contribution is 9.09. The average Bonchev–Trinajstić information content (AvgIpc) is 2.18. The molecule has 2 atom stereocenters. The highest BCUT2D eigenvalue weighted by Gasteiger charge is 2.17. The van der Waals surface area contributed by atoms with Gasteiger partial charge in [-0.05, 0) is 6.42 Å². The summed E-state index contributed by atoms with van der Waals surface area (Å²) in [5, 5.41) is 19.7. The summed E-state index contributed by atoms with van der Waals surface area (Å²) in [6, 6.07) is 0. The van der Waals surface area contributed by atoms with Crippen LogP contribution in [0.3, 0.4) is 0 Å². The van der Waals surface area contributed by atoms with Gasteiger partial charge in [0.2, 0.25) is 0 Å². The number of hydrogen-bond acceptors (Lipinski definition) is 4. The number of nitrogens with zero attached hydrogens (tertiary/aromatic N) is 2. The van der Waals surface area contributed by atoms with E-state index in [1.807, 2.05) is 0 Å². The monoisotopic (exact) mass is 246 g/mol. The van der Waals surface area contributed by atoms with E-state index in [1.165, 1.54) is 18.7 Å². The van der Waals surface area contributed by atoms with Crippen LogP contribution in [0.25, 0.3) is 0 Å². The molecule has 1 aromatic rings. The Hall–Kier alpha value is -0.520. The lowest BCUT2D eigenvalue weighted by Crippen LogP contribution is -2.18. The molecule has 0 amide bonds. The molecule has 2 unspecified atom stereocenters. The summed E-state index contributed by atoms with van der Waals surface area (Å²) in [5.74, 6) is 0. The van der Waals surface area contributed by atoms with E-state index in [0.29, 0.717) is 17.3 Å². The molecule has 1 aromatic heterocycles. The van der Waals surface area contributed by atoms with Gasteiger partial charge in [-0.1, -0.05) is 15.9 Å². The van der Waals surface area contributed by atoms with Gasteiger partial charge >= 0.3 is 0 Å². The Bertz CT molecular complexity index is 245. The molecule has 1 rings (SSSR count). The van der Waals surface area contributed by atoms with E-state index >= 15 is 0 Å². The van der Waals surface area contributed by atoms with Crippen LogP contribution in [0.2, 0.25) is 0 Å². The lowest BCUT2D eigenvalue weighted by molar-refractivity contribution is 0.0169. The summed E-state index contributed by atoms with van der Waals surface area (Å²) < 4.78 is 0. The number of hydrogen-bond donors (Lipinski definition) is 2. The fourth-order valence-electron chi connectivity index (χ4n) is 0.955. The van der Waals surface area contributed by atoms with E-state index < -0.39 is 12.2 Å². The van der Waals surface area contributed by atoms with Gasteiger partial charge in [0.05, 0.1) is 6.10 Å². The molecular formula is C8H11BrN2O2. The van der Waals surface area contributed by atoms with Crippen molar-refractivity contribution in [3.05, 3.63) is 24.3 Å². The summed E-state index contributed by atoms with van der Waals surface area (Å²) in [6.07, 6.45) is 3.19. The molecule has 4 nitrogen and oxygen atoms in total. The second kappa shape index (κ2) is 5.26. The Labute approximate surface area is 84.8 Å². The minimum Gasteiger partial charge on any atom is -0.390 e. The van der Waals surface area contributed by atoms with Crippen molar-refractivity contribution < 1.29 is 10.2 Å². The van der Waals surface area contributed by atoms with Crippen LogP contribution in [0.5, 0.6) is 0 Å². The predicted molar refractivity (Wildman–Crippen MR) is 51.4 cm³/mol. The van der Waals surface area contributed by atoms with Crippen LogP contribution in [0.15, 0.2) is 18.7 Å². The molecule has 1 heterocycles. The first-order chi connectivity index (χ1) is 6.25. The second-order valence-electron chi connectivity index (χ2n) is 2.66. The van der Waals surface area contributed by atoms with Gasteiger partial charge in [0.15, 0.2) is 0 Å². The van der Waals surface area contributed by atoms with Crippen LogP contribution in [0.1, 0.15) is 18.1 Å². The normalized spacial score (nSPS) is 15.3. The largest absolute Gasteiger partial charge is 0.390 e. The molecule has 0 saturated heterocycles. The highest BCUT2D eigenvalue weighted by atomic mass is 79.9. The summed E-state index contributed by atoms with van der Waals surface area (Å²) in [6.45, 7) is 0. The molecule has 0 aliphatic heterocycles. The number of aliphatic hydroxyl groups excluding tert-OH is 2. The standard InChI is InChI=1S/C8H11BrN2O2/c9-2-1-7(12)8(13)6-3-10-5-11-4-6/h3-5,7-8,12-13H,1-2H2. The van der Waals surface area contributed by atoms with E-state index in [4.69, 9.17) is 0 Å². The third kappa shape index (κ3) is 3.02. The number of rotatable bonds is 4. The van der Waals surface area contributed by atoms with Crippen LogP contribution in [-0.2, 0) is 0 Å². The minimum atomic E-state index is -0.904. The van der Waals surface area contributed by atoms with Crippen molar-refractivity contribution in [2.24, 2.45) is 0 Å². The molecular weight excluding hydrogens is 236 g/mol. The van der Waals surface area contributed by atoms with Gasteiger partial charge in [-0.3, -0.25) is 0 Å². The van der Waals surface area contributed by atoms with Crippen LogP contribution < -0.4 is 0 Å². The third-order valence-electron chi connectivity index (χ3n) is 1.69. The van der Waals surface area contributed by atoms with Crippen molar-refractivity contribution in [1.29, 1.82) is 0 Å². The van der Waals surface area contributed by atoms with Crippen LogP contribution in [0, 0.1) is 0 Å². The average molecular weight is 247 g/mol. The lowest BCUT2D eigenvalue weighted by Gasteiger charge is -2.15. The second-order valence-corrected chi connectivity index (χ2v) is 3.45. The molecule has 72 valence electrons. The zero-order valence-corrected chi connectivity index (χ0v) is 8.55. The zero-order valence-electron chi connectivity index (χ0n) is 6.97. The smallest absolute Gasteiger partial charge is 0.115 e. The Morgan fingerprint density at radius 2 is 1.92 bits per heavy atom. The fourth-order valence-corrected chi connectivity index (χ4v) is 1.42. The van der Waals surface area contributed by atoms with Crippen molar-refractivity contribution >= 4 is 15.9 Å². The van der Waals surface area contributed by atoms with Crippen molar-refractivity contribution in [2.45, 2.75) is 18.6 Å². The summed E-state index contributed by atoms with van der Waals surface area (Å²) in [4.78, 5) is 7.51. The molecule has 0 saturated carbocycles. The fraction of sp³-hybridized carbons (Fsp3) is 0.500. The van der Waals surface area contributed by atoms with Gasteiger partial charge in [0.1, 0.15) is 12.4 Å². The van der Waals surface area contributed by atoms with Crippen molar-refractivity contribution in [3.8, 4) is 0 Å². The number of aliphatic hydroxyl groups is 2. The Morgan fingerprint density at radius 1 is 1.31 bits per heavy atom. The third-order valence-corrected chi connectivity index (χ3v) is 2.15. The summed E-state index contributed by atoms with van der Waals surface area (Å²) in [7, 11) is 0. The summed E-state index contributed by atoms with van der Waals surface area (Å²) in [5.41, 5.74) is 0.538. The Kier molecular flexibility index (Phi) is 4.27. The summed E-state index contributed by atoms with van der Waals surface area (Å²) >= 11 is 3.19. The quantitative estimate of drug-likeness (QED) is 0.767. The molecule has 2 N–H and O–H groups in total. The van der Waals surface area contributed by atoms with Gasteiger partial charge < -0.3 is 10.2 Å². The van der Waals surface area contributed by atoms with Crippen LogP contribution in [0.4, 0.5) is 0 Å². The van der Waals surface area contributed by atoms with Crippen molar-refractivity contribution in [2.75, 3.05) is 5.33 Å². The van der Waals surface area contributed by atoms with Crippen molar-refractivity contribution in [3.63, 3.8) is 0 Å².